The maximum atomic E-state index is 2.54. The van der Waals surface area contributed by atoms with E-state index in [9.17, 15) is 0 Å². The van der Waals surface area contributed by atoms with Crippen molar-refractivity contribution in [2.75, 3.05) is 5.90 Å². The summed E-state index contributed by atoms with van der Waals surface area (Å²) in [5.74, 6) is 1.59. The van der Waals surface area contributed by atoms with Crippen LogP contribution in [0.1, 0.15) is 83.1 Å². The summed E-state index contributed by atoms with van der Waals surface area (Å²) >= 11 is 0. The zero-order chi connectivity index (χ0) is 17.0. The fourth-order valence-corrected chi connectivity index (χ4v) is 51.6. The Balaban J connectivity index is 3.42. The monoisotopic (exact) mass is 366 g/mol. The van der Waals surface area contributed by atoms with Crippen LogP contribution in [-0.4, -0.2) is 26.5 Å². The molecule has 1 heterocycles. The van der Waals surface area contributed by atoms with Gasteiger partial charge in [-0.3, -0.25) is 0 Å². The average molecular weight is 366 g/mol. The van der Waals surface area contributed by atoms with E-state index in [-0.39, 0.29) is 29.8 Å². The summed E-state index contributed by atoms with van der Waals surface area (Å²) in [6, 6.07) is 0. The minimum atomic E-state index is 0.166. The van der Waals surface area contributed by atoms with Gasteiger partial charge in [-0.2, -0.15) is 0 Å². The Morgan fingerprint density at radius 3 is 0.810 bits per heavy atom. The quantitative estimate of drug-likeness (QED) is 0.376. The third-order valence-corrected chi connectivity index (χ3v) is 37.8. The molecule has 0 aromatic rings. The summed E-state index contributed by atoms with van der Waals surface area (Å²) in [5, 5.41) is 2.11. The molecular weight excluding hydrogens is 328 g/mol. The van der Waals surface area contributed by atoms with Crippen molar-refractivity contribution < 1.29 is 0 Å². The third-order valence-electron chi connectivity index (χ3n) is 3.65. The van der Waals surface area contributed by atoms with Crippen LogP contribution in [0.25, 0.3) is 0 Å². The molecule has 1 aliphatic rings. The molecule has 0 nitrogen and oxygen atoms in total. The smallest absolute Gasteiger partial charge is 0.00267 e. The summed E-state index contributed by atoms with van der Waals surface area (Å²) < 4.78 is 0. The van der Waals surface area contributed by atoms with E-state index in [0.29, 0.717) is 20.6 Å². The van der Waals surface area contributed by atoms with Crippen molar-refractivity contribution in [3.63, 3.8) is 0 Å². The number of rotatable bonds is 0. The van der Waals surface area contributed by atoms with Gasteiger partial charge in [0.05, 0.1) is 0 Å². The Morgan fingerprint density at radius 2 is 0.667 bits per heavy atom. The molecule has 0 spiro atoms. The molecule has 1 fully saturated rings. The average Bonchev–Trinajstić information content (AvgIpc) is 2.52. The summed E-state index contributed by atoms with van der Waals surface area (Å²) in [6.07, 6.45) is 0. The van der Waals surface area contributed by atoms with E-state index in [1.54, 1.807) is 5.90 Å². The van der Waals surface area contributed by atoms with Crippen molar-refractivity contribution in [3.05, 3.63) is 0 Å². The van der Waals surface area contributed by atoms with E-state index in [0.717, 1.165) is 0 Å². The molecule has 0 aliphatic carbocycles. The van der Waals surface area contributed by atoms with Gasteiger partial charge in [0.1, 0.15) is 0 Å². The minimum absolute atomic E-state index is 0.166. The van der Waals surface area contributed by atoms with Gasteiger partial charge in [-0.15, -0.1) is 0 Å². The molecule has 4 heteroatoms. The van der Waals surface area contributed by atoms with E-state index in [4.69, 9.17) is 0 Å². The van der Waals surface area contributed by atoms with Crippen LogP contribution in [0.5, 0.6) is 0 Å². The Hall–Kier alpha value is 1.72. The Kier molecular flexibility index (Phi) is 6.15. The molecule has 0 aromatic carbocycles. The second-order valence-electron chi connectivity index (χ2n) is 10.2. The summed E-state index contributed by atoms with van der Waals surface area (Å²) in [7, 11) is 0.687. The van der Waals surface area contributed by atoms with E-state index < -0.39 is 0 Å². The largest absolute Gasteiger partial charge is 0.0654 e. The Bertz CT molecular complexity index is 326. The first-order chi connectivity index (χ1) is 8.97. The molecule has 0 saturated carbocycles. The highest BCUT2D eigenvalue weighted by atomic mass is 32.7. The molecule has 0 unspecified atom stereocenters. The van der Waals surface area contributed by atoms with E-state index in [1.165, 1.54) is 0 Å². The van der Waals surface area contributed by atoms with Crippen LogP contribution in [-0.2, 0) is 0 Å². The fraction of sp³-hybridized carbons (Fsp3) is 1.00. The van der Waals surface area contributed by atoms with Crippen LogP contribution in [0, 0.1) is 0 Å². The van der Waals surface area contributed by atoms with Gasteiger partial charge in [-0.1, -0.05) is 98.3 Å². The summed E-state index contributed by atoms with van der Waals surface area (Å²) in [4.78, 5) is 0. The SMILES string of the molecule is CC(C)(C)[P@]1[P@](C(C)(C)C)[P@@](C(C)(C)C)C[P@@]1C(C)(C)C. The lowest BCUT2D eigenvalue weighted by Crippen LogP contribution is -2.19. The highest BCUT2D eigenvalue weighted by Gasteiger charge is 2.56. The van der Waals surface area contributed by atoms with Gasteiger partial charge in [0, 0.05) is 0 Å². The molecule has 0 N–H and O–H groups in total. The second kappa shape index (κ2) is 6.22. The van der Waals surface area contributed by atoms with Crippen molar-refractivity contribution >= 4 is 29.8 Å². The van der Waals surface area contributed by atoms with E-state index in [1.807, 2.05) is 0 Å². The van der Waals surface area contributed by atoms with Crippen molar-refractivity contribution in [3.8, 4) is 0 Å². The number of hydrogen-bond donors (Lipinski definition) is 0. The number of hydrogen-bond acceptors (Lipinski definition) is 0. The van der Waals surface area contributed by atoms with Crippen LogP contribution in [0.15, 0.2) is 0 Å². The highest BCUT2D eigenvalue weighted by Crippen LogP contribution is 3.12. The van der Waals surface area contributed by atoms with E-state index in [2.05, 4.69) is 83.1 Å². The molecular formula is C17H38P4. The summed E-state index contributed by atoms with van der Waals surface area (Å²) in [6.45, 7) is 30.4. The maximum absolute atomic E-state index is 2.54. The van der Waals surface area contributed by atoms with Crippen LogP contribution in [0.2, 0.25) is 0 Å². The van der Waals surface area contributed by atoms with Gasteiger partial charge in [0.15, 0.2) is 0 Å². The normalized spacial score (nSPS) is 32.6. The lowest BCUT2D eigenvalue weighted by molar-refractivity contribution is 0.775. The van der Waals surface area contributed by atoms with E-state index >= 15 is 0 Å². The maximum Gasteiger partial charge on any atom is -0.00267 e. The van der Waals surface area contributed by atoms with Crippen molar-refractivity contribution in [1.29, 1.82) is 0 Å². The molecule has 1 aliphatic heterocycles. The lowest BCUT2D eigenvalue weighted by atomic mass is 10.3. The molecule has 1 rings (SSSR count). The third kappa shape index (κ3) is 4.85. The molecule has 0 aromatic heterocycles. The molecule has 0 radical (unpaired) electrons. The summed E-state index contributed by atoms with van der Waals surface area (Å²) in [5.41, 5.74) is 0. The van der Waals surface area contributed by atoms with Gasteiger partial charge in [0.25, 0.3) is 0 Å². The zero-order valence-electron chi connectivity index (χ0n) is 16.5. The predicted molar refractivity (Wildman–Crippen MR) is 112 cm³/mol. The standard InChI is InChI=1S/C17H38P4/c1-14(2,3)18-13-19(15(4,5)6)21(17(10,11)12)20(18)16(7,8)9/h13H2,1-12H3/t18-,19+,20-,21+. The Labute approximate surface area is 139 Å². The first-order valence-corrected chi connectivity index (χ1v) is 16.0. The Morgan fingerprint density at radius 1 is 0.429 bits per heavy atom. The second-order valence-corrected chi connectivity index (χ2v) is 29.0. The van der Waals surface area contributed by atoms with Crippen molar-refractivity contribution in [2.45, 2.75) is 104 Å². The molecule has 0 bridgehead atoms. The van der Waals surface area contributed by atoms with Crippen LogP contribution in [0.3, 0.4) is 0 Å². The van der Waals surface area contributed by atoms with Gasteiger partial charge in [0.2, 0.25) is 0 Å². The fourth-order valence-electron chi connectivity index (χ4n) is 2.74. The predicted octanol–water partition coefficient (Wildman–Crippen LogP) is 8.82. The molecule has 126 valence electrons. The molecule has 0 amide bonds. The van der Waals surface area contributed by atoms with Gasteiger partial charge in [-0.25, -0.2) is 0 Å². The molecule has 4 atom stereocenters. The van der Waals surface area contributed by atoms with Crippen LogP contribution >= 0.6 is 29.8 Å². The topological polar surface area (TPSA) is 0 Å². The molecule has 1 saturated heterocycles. The van der Waals surface area contributed by atoms with Crippen LogP contribution < -0.4 is 0 Å². The lowest BCUT2D eigenvalue weighted by Gasteiger charge is -2.48. The van der Waals surface area contributed by atoms with Crippen molar-refractivity contribution in [2.24, 2.45) is 0 Å². The van der Waals surface area contributed by atoms with Gasteiger partial charge >= 0.3 is 0 Å². The van der Waals surface area contributed by atoms with Crippen molar-refractivity contribution in [1.82, 2.24) is 0 Å². The minimum Gasteiger partial charge on any atom is -0.0654 e. The highest BCUT2D eigenvalue weighted by molar-refractivity contribution is 8.82. The molecule has 21 heavy (non-hydrogen) atoms. The first-order valence-electron chi connectivity index (χ1n) is 8.13. The van der Waals surface area contributed by atoms with Crippen LogP contribution in [0.4, 0.5) is 0 Å². The zero-order valence-corrected chi connectivity index (χ0v) is 20.1. The van der Waals surface area contributed by atoms with Gasteiger partial charge < -0.3 is 0 Å². The van der Waals surface area contributed by atoms with Gasteiger partial charge in [-0.05, 0) is 41.1 Å². The first kappa shape index (κ1) is 20.8.